The Morgan fingerprint density at radius 2 is 1.74 bits per heavy atom. The van der Waals surface area contributed by atoms with Crippen LogP contribution >= 0.6 is 19.2 Å². The molecule has 0 saturated heterocycles. The van der Waals surface area contributed by atoms with Crippen LogP contribution in [0.2, 0.25) is 5.15 Å². The maximum Gasteiger partial charge on any atom is 0.329 e. The standard InChI is InChI=1S/C21H19ClF2N3O3P/c1-11(2)21-25-18-17-15(24)7-14(23)8-16(17)27(19(18)20(22)26-21)9-12-3-5-13(6-4-12)10-31(28,29)30/h3-8,11H,9-10H2,1-2H3,(H2,28,29,30). The zero-order chi connectivity index (χ0) is 22.5. The second-order valence-electron chi connectivity index (χ2n) is 7.73. The Hall–Kier alpha value is -2.38. The van der Waals surface area contributed by atoms with Crippen LogP contribution in [0.1, 0.15) is 36.7 Å². The molecule has 4 aromatic rings. The molecule has 0 aliphatic rings. The van der Waals surface area contributed by atoms with Crippen LogP contribution in [0.4, 0.5) is 8.78 Å². The van der Waals surface area contributed by atoms with Gasteiger partial charge < -0.3 is 14.4 Å². The summed E-state index contributed by atoms with van der Waals surface area (Å²) in [7, 11) is -4.18. The molecule has 0 spiro atoms. The van der Waals surface area contributed by atoms with E-state index in [4.69, 9.17) is 21.4 Å². The summed E-state index contributed by atoms with van der Waals surface area (Å²) in [5, 5.41) is 0.309. The van der Waals surface area contributed by atoms with Crippen molar-refractivity contribution in [2.75, 3.05) is 0 Å². The Morgan fingerprint density at radius 3 is 2.35 bits per heavy atom. The number of fused-ring (bicyclic) bond motifs is 3. The Balaban J connectivity index is 1.89. The molecule has 6 nitrogen and oxygen atoms in total. The molecule has 0 aliphatic carbocycles. The summed E-state index contributed by atoms with van der Waals surface area (Å²) in [5.74, 6) is -1.04. The molecule has 2 N–H and O–H groups in total. The molecule has 0 amide bonds. The van der Waals surface area contributed by atoms with Gasteiger partial charge in [-0.1, -0.05) is 49.7 Å². The second-order valence-corrected chi connectivity index (χ2v) is 9.74. The summed E-state index contributed by atoms with van der Waals surface area (Å²) < 4.78 is 41.7. The molecule has 0 radical (unpaired) electrons. The van der Waals surface area contributed by atoms with Gasteiger partial charge in [-0.3, -0.25) is 4.57 Å². The molecule has 4 rings (SSSR count). The molecule has 0 aliphatic heterocycles. The van der Waals surface area contributed by atoms with Crippen molar-refractivity contribution in [3.63, 3.8) is 0 Å². The van der Waals surface area contributed by atoms with Crippen LogP contribution in [0.15, 0.2) is 36.4 Å². The van der Waals surface area contributed by atoms with E-state index in [0.29, 0.717) is 27.9 Å². The smallest absolute Gasteiger partial charge is 0.329 e. The molecule has 10 heteroatoms. The van der Waals surface area contributed by atoms with Crippen molar-refractivity contribution in [2.24, 2.45) is 0 Å². The van der Waals surface area contributed by atoms with Gasteiger partial charge in [-0.25, -0.2) is 18.7 Å². The van der Waals surface area contributed by atoms with Crippen LogP contribution in [0.5, 0.6) is 0 Å². The van der Waals surface area contributed by atoms with Gasteiger partial charge >= 0.3 is 7.60 Å². The van der Waals surface area contributed by atoms with E-state index in [1.165, 1.54) is 6.07 Å². The highest BCUT2D eigenvalue weighted by Gasteiger charge is 2.22. The maximum atomic E-state index is 14.8. The number of hydrogen-bond donors (Lipinski definition) is 2. The van der Waals surface area contributed by atoms with Crippen molar-refractivity contribution < 1.29 is 23.1 Å². The maximum absolute atomic E-state index is 14.8. The molecule has 2 aromatic heterocycles. The Labute approximate surface area is 181 Å². The second kappa shape index (κ2) is 7.95. The van der Waals surface area contributed by atoms with Gasteiger partial charge in [0.2, 0.25) is 0 Å². The van der Waals surface area contributed by atoms with Gasteiger partial charge in [0.05, 0.1) is 17.1 Å². The van der Waals surface area contributed by atoms with E-state index in [-0.39, 0.29) is 29.2 Å². The lowest BCUT2D eigenvalue weighted by molar-refractivity contribution is 0.371. The zero-order valence-corrected chi connectivity index (χ0v) is 18.3. The van der Waals surface area contributed by atoms with Gasteiger partial charge in [0, 0.05) is 18.5 Å². The molecular weight excluding hydrogens is 447 g/mol. The average molecular weight is 466 g/mol. The molecular formula is C21H19ClF2N3O3P. The van der Waals surface area contributed by atoms with Crippen molar-refractivity contribution in [1.82, 2.24) is 14.5 Å². The molecule has 2 aromatic carbocycles. The molecule has 162 valence electrons. The van der Waals surface area contributed by atoms with Crippen molar-refractivity contribution in [1.29, 1.82) is 0 Å². The van der Waals surface area contributed by atoms with E-state index in [1.54, 1.807) is 28.8 Å². The molecule has 0 unspecified atom stereocenters. The summed E-state index contributed by atoms with van der Waals surface area (Å²) in [4.78, 5) is 27.1. The first-order chi connectivity index (χ1) is 14.5. The topological polar surface area (TPSA) is 88.2 Å². The quantitative estimate of drug-likeness (QED) is 0.306. The predicted octanol–water partition coefficient (Wildman–Crippen LogP) is 5.37. The van der Waals surface area contributed by atoms with Gasteiger partial charge in [-0.15, -0.1) is 0 Å². The minimum atomic E-state index is -4.18. The first-order valence-corrected chi connectivity index (χ1v) is 11.7. The van der Waals surface area contributed by atoms with E-state index < -0.39 is 19.2 Å². The summed E-state index contributed by atoms with van der Waals surface area (Å²) >= 11 is 6.46. The van der Waals surface area contributed by atoms with E-state index >= 15 is 0 Å². The lowest BCUT2D eigenvalue weighted by Gasteiger charge is -2.11. The molecule has 31 heavy (non-hydrogen) atoms. The monoisotopic (exact) mass is 465 g/mol. The minimum absolute atomic E-state index is 0.0367. The fourth-order valence-electron chi connectivity index (χ4n) is 3.58. The van der Waals surface area contributed by atoms with Gasteiger partial charge in [0.15, 0.2) is 5.15 Å². The number of benzene rings is 2. The third-order valence-corrected chi connectivity index (χ3v) is 6.00. The van der Waals surface area contributed by atoms with Crippen LogP contribution in [-0.2, 0) is 17.3 Å². The first-order valence-electron chi connectivity index (χ1n) is 9.50. The minimum Gasteiger partial charge on any atom is -0.332 e. The van der Waals surface area contributed by atoms with Crippen molar-refractivity contribution in [3.05, 3.63) is 70.1 Å². The Morgan fingerprint density at radius 1 is 1.10 bits per heavy atom. The highest BCUT2D eigenvalue weighted by Crippen LogP contribution is 2.39. The van der Waals surface area contributed by atoms with Gasteiger partial charge in [-0.2, -0.15) is 0 Å². The van der Waals surface area contributed by atoms with E-state index in [0.717, 1.165) is 11.6 Å². The summed E-state index contributed by atoms with van der Waals surface area (Å²) in [6.45, 7) is 4.00. The lowest BCUT2D eigenvalue weighted by Crippen LogP contribution is -2.03. The third kappa shape index (κ3) is 4.34. The molecule has 0 bridgehead atoms. The number of aromatic nitrogens is 3. The third-order valence-electron chi connectivity index (χ3n) is 4.96. The van der Waals surface area contributed by atoms with Gasteiger partial charge in [-0.05, 0) is 17.2 Å². The number of halogens is 3. The van der Waals surface area contributed by atoms with Crippen molar-refractivity contribution in [3.8, 4) is 0 Å². The summed E-state index contributed by atoms with van der Waals surface area (Å²) in [6.07, 6.45) is -0.364. The molecule has 0 saturated carbocycles. The van der Waals surface area contributed by atoms with Crippen LogP contribution in [-0.4, -0.2) is 24.3 Å². The largest absolute Gasteiger partial charge is 0.332 e. The van der Waals surface area contributed by atoms with Crippen LogP contribution in [0.3, 0.4) is 0 Å². The van der Waals surface area contributed by atoms with E-state index in [9.17, 15) is 13.3 Å². The summed E-state index contributed by atoms with van der Waals surface area (Å²) in [6, 6.07) is 8.67. The SMILES string of the molecule is CC(C)c1nc(Cl)c2c(n1)c1c(F)cc(F)cc1n2Cc1ccc(CP(=O)(O)O)cc1. The highest BCUT2D eigenvalue weighted by molar-refractivity contribution is 7.50. The summed E-state index contributed by atoms with van der Waals surface area (Å²) in [5.41, 5.74) is 2.24. The number of hydrogen-bond acceptors (Lipinski definition) is 3. The van der Waals surface area contributed by atoms with Gasteiger partial charge in [0.1, 0.15) is 28.5 Å². The normalized spacial score (nSPS) is 12.4. The fourth-order valence-corrected chi connectivity index (χ4v) is 4.54. The van der Waals surface area contributed by atoms with Crippen LogP contribution in [0.25, 0.3) is 21.9 Å². The predicted molar refractivity (Wildman–Crippen MR) is 115 cm³/mol. The zero-order valence-electron chi connectivity index (χ0n) is 16.7. The Bertz CT molecular complexity index is 1350. The van der Waals surface area contributed by atoms with E-state index in [1.807, 2.05) is 13.8 Å². The lowest BCUT2D eigenvalue weighted by atomic mass is 10.1. The molecule has 2 heterocycles. The fraction of sp³-hybridized carbons (Fsp3) is 0.238. The molecule has 0 fully saturated rings. The number of nitrogens with zero attached hydrogens (tertiary/aromatic N) is 3. The van der Waals surface area contributed by atoms with Crippen molar-refractivity contribution in [2.45, 2.75) is 32.5 Å². The van der Waals surface area contributed by atoms with Gasteiger partial charge in [0.25, 0.3) is 0 Å². The van der Waals surface area contributed by atoms with Crippen molar-refractivity contribution >= 4 is 41.1 Å². The number of rotatable bonds is 5. The first kappa shape index (κ1) is 21.8. The van der Waals surface area contributed by atoms with Crippen LogP contribution < -0.4 is 0 Å². The average Bonchev–Trinajstić information content (AvgIpc) is 2.96. The van der Waals surface area contributed by atoms with E-state index in [2.05, 4.69) is 9.97 Å². The Kier molecular flexibility index (Phi) is 5.60. The van der Waals surface area contributed by atoms with Crippen LogP contribution in [0, 0.1) is 11.6 Å². The molecule has 0 atom stereocenters. The highest BCUT2D eigenvalue weighted by atomic mass is 35.5.